The Bertz CT molecular complexity index is 333. The van der Waals surface area contributed by atoms with Crippen LogP contribution in [0.25, 0.3) is 0 Å². The van der Waals surface area contributed by atoms with Gasteiger partial charge < -0.3 is 4.74 Å². The summed E-state index contributed by atoms with van der Waals surface area (Å²) in [7, 11) is 0. The van der Waals surface area contributed by atoms with Crippen LogP contribution in [-0.2, 0) is 4.74 Å². The first-order valence-electron chi connectivity index (χ1n) is 7.79. The second kappa shape index (κ2) is 5.81. The monoisotopic (exact) mass is 264 g/mol. The molecule has 0 aromatic rings. The fraction of sp³-hybridized carbons (Fsp3) is 0.938. The number of hydrogen-bond donors (Lipinski definition) is 1. The van der Waals surface area contributed by atoms with Gasteiger partial charge in [0, 0.05) is 0 Å². The molecular formula is C16H28N2O. The van der Waals surface area contributed by atoms with Crippen LogP contribution in [0.15, 0.2) is 0 Å². The van der Waals surface area contributed by atoms with Crippen LogP contribution in [0.5, 0.6) is 0 Å². The molecule has 1 atom stereocenters. The van der Waals surface area contributed by atoms with E-state index in [1.807, 2.05) is 0 Å². The molecule has 0 bridgehead atoms. The molecule has 0 saturated heterocycles. The molecule has 0 heterocycles. The maximum Gasteiger partial charge on any atom is 0.133 e. The number of nitrogens with one attached hydrogen (secondary N) is 1. The van der Waals surface area contributed by atoms with Crippen molar-refractivity contribution in [2.45, 2.75) is 70.9 Å². The molecule has 0 spiro atoms. The van der Waals surface area contributed by atoms with Gasteiger partial charge in [-0.3, -0.25) is 5.32 Å². The summed E-state index contributed by atoms with van der Waals surface area (Å²) in [5.74, 6) is 0.498. The third-order valence-corrected chi connectivity index (χ3v) is 4.80. The Morgan fingerprint density at radius 1 is 1.26 bits per heavy atom. The largest absolute Gasteiger partial charge is 0.375 e. The zero-order valence-electron chi connectivity index (χ0n) is 12.7. The van der Waals surface area contributed by atoms with Crippen molar-refractivity contribution in [3.63, 3.8) is 0 Å². The highest BCUT2D eigenvalue weighted by Crippen LogP contribution is 2.41. The van der Waals surface area contributed by atoms with Crippen LogP contribution in [0.2, 0.25) is 0 Å². The molecule has 2 aliphatic rings. The molecule has 3 nitrogen and oxygen atoms in total. The third-order valence-electron chi connectivity index (χ3n) is 4.80. The van der Waals surface area contributed by atoms with Crippen molar-refractivity contribution in [1.82, 2.24) is 5.32 Å². The summed E-state index contributed by atoms with van der Waals surface area (Å²) in [5, 5.41) is 12.9. The van der Waals surface area contributed by atoms with Gasteiger partial charge in [0.15, 0.2) is 0 Å². The predicted octanol–water partition coefficient (Wildman–Crippen LogP) is 3.25. The molecule has 2 rings (SSSR count). The Labute approximate surface area is 117 Å². The average Bonchev–Trinajstić information content (AvgIpc) is 3.20. The highest BCUT2D eigenvalue weighted by Gasteiger charge is 2.46. The summed E-state index contributed by atoms with van der Waals surface area (Å²) < 4.78 is 6.10. The van der Waals surface area contributed by atoms with E-state index >= 15 is 0 Å². The molecule has 0 amide bonds. The van der Waals surface area contributed by atoms with Crippen molar-refractivity contribution >= 4 is 0 Å². The zero-order chi connectivity index (χ0) is 13.9. The molecule has 1 unspecified atom stereocenters. The van der Waals surface area contributed by atoms with Crippen LogP contribution in [0.1, 0.15) is 59.3 Å². The first-order chi connectivity index (χ1) is 9.01. The highest BCUT2D eigenvalue weighted by molar-refractivity contribution is 5.15. The number of likely N-dealkylation sites (N-methyl/N-ethyl adjacent to an activating group) is 1. The number of rotatable bonds is 6. The van der Waals surface area contributed by atoms with Crippen molar-refractivity contribution in [2.24, 2.45) is 11.3 Å². The molecule has 0 aliphatic heterocycles. The van der Waals surface area contributed by atoms with Crippen molar-refractivity contribution in [3.8, 4) is 6.07 Å². The average molecular weight is 264 g/mol. The fourth-order valence-electron chi connectivity index (χ4n) is 3.16. The van der Waals surface area contributed by atoms with Crippen molar-refractivity contribution < 1.29 is 4.74 Å². The van der Waals surface area contributed by atoms with Crippen LogP contribution < -0.4 is 5.32 Å². The van der Waals surface area contributed by atoms with Gasteiger partial charge in [0.2, 0.25) is 0 Å². The molecule has 2 aliphatic carbocycles. The van der Waals surface area contributed by atoms with Gasteiger partial charge in [-0.1, -0.05) is 20.8 Å². The van der Waals surface area contributed by atoms with E-state index in [1.165, 1.54) is 25.7 Å². The molecule has 1 N–H and O–H groups in total. The van der Waals surface area contributed by atoms with E-state index in [-0.39, 0.29) is 0 Å². The quantitative estimate of drug-likeness (QED) is 0.801. The molecule has 2 saturated carbocycles. The minimum atomic E-state index is -0.429. The van der Waals surface area contributed by atoms with Crippen molar-refractivity contribution in [3.05, 3.63) is 0 Å². The molecule has 3 heteroatoms. The number of nitriles is 1. The minimum Gasteiger partial charge on any atom is -0.375 e. The molecule has 0 aromatic heterocycles. The van der Waals surface area contributed by atoms with Gasteiger partial charge in [0.25, 0.3) is 0 Å². The summed E-state index contributed by atoms with van der Waals surface area (Å²) >= 11 is 0. The van der Waals surface area contributed by atoms with E-state index < -0.39 is 5.54 Å². The van der Waals surface area contributed by atoms with Gasteiger partial charge in [0.05, 0.1) is 18.8 Å². The lowest BCUT2D eigenvalue weighted by Crippen LogP contribution is -2.51. The summed E-state index contributed by atoms with van der Waals surface area (Å²) in [5.41, 5.74) is 0.0477. The first-order valence-corrected chi connectivity index (χ1v) is 7.79. The van der Waals surface area contributed by atoms with E-state index in [0.29, 0.717) is 24.0 Å². The molecule has 0 radical (unpaired) electrons. The Morgan fingerprint density at radius 2 is 1.89 bits per heavy atom. The van der Waals surface area contributed by atoms with Gasteiger partial charge in [0.1, 0.15) is 5.54 Å². The lowest BCUT2D eigenvalue weighted by Gasteiger charge is -2.36. The van der Waals surface area contributed by atoms with Crippen LogP contribution >= 0.6 is 0 Å². The normalized spacial score (nSPS) is 26.6. The lowest BCUT2D eigenvalue weighted by atomic mass is 9.76. The predicted molar refractivity (Wildman–Crippen MR) is 76.7 cm³/mol. The number of nitrogens with zero attached hydrogens (tertiary/aromatic N) is 1. The van der Waals surface area contributed by atoms with E-state index in [4.69, 9.17) is 4.74 Å². The molecular weight excluding hydrogens is 236 g/mol. The van der Waals surface area contributed by atoms with Gasteiger partial charge >= 0.3 is 0 Å². The van der Waals surface area contributed by atoms with Crippen molar-refractivity contribution in [2.75, 3.05) is 13.2 Å². The van der Waals surface area contributed by atoms with Crippen LogP contribution in [0.4, 0.5) is 0 Å². The van der Waals surface area contributed by atoms with Crippen molar-refractivity contribution in [1.29, 1.82) is 5.26 Å². The Morgan fingerprint density at radius 3 is 2.37 bits per heavy atom. The van der Waals surface area contributed by atoms with Gasteiger partial charge in [-0.2, -0.15) is 5.26 Å². The smallest absolute Gasteiger partial charge is 0.133 e. The molecule has 0 aromatic carbocycles. The Hall–Kier alpha value is -0.590. The SMILES string of the molecule is CCNC(C#N)(COC1CCC(C)(C)CC1)C1CC1. The van der Waals surface area contributed by atoms with Gasteiger partial charge in [-0.25, -0.2) is 0 Å². The molecule has 2 fully saturated rings. The standard InChI is InChI=1S/C16H28N2O/c1-4-18-16(11-17,13-5-6-13)12-19-14-7-9-15(2,3)10-8-14/h13-14,18H,4-10,12H2,1-3H3. The number of hydrogen-bond acceptors (Lipinski definition) is 3. The van der Waals surface area contributed by atoms with Crippen LogP contribution in [0.3, 0.4) is 0 Å². The summed E-state index contributed by atoms with van der Waals surface area (Å²) in [4.78, 5) is 0. The molecule has 108 valence electrons. The summed E-state index contributed by atoms with van der Waals surface area (Å²) in [6, 6.07) is 2.50. The van der Waals surface area contributed by atoms with Crippen LogP contribution in [0, 0.1) is 22.7 Å². The fourth-order valence-corrected chi connectivity index (χ4v) is 3.16. The van der Waals surface area contributed by atoms with Crippen LogP contribution in [-0.4, -0.2) is 24.8 Å². The molecule has 19 heavy (non-hydrogen) atoms. The van der Waals surface area contributed by atoms with Gasteiger partial charge in [-0.05, 0) is 56.4 Å². The lowest BCUT2D eigenvalue weighted by molar-refractivity contribution is -0.0192. The second-order valence-corrected chi connectivity index (χ2v) is 7.06. The zero-order valence-corrected chi connectivity index (χ0v) is 12.7. The van der Waals surface area contributed by atoms with E-state index in [2.05, 4.69) is 32.2 Å². The minimum absolute atomic E-state index is 0.359. The van der Waals surface area contributed by atoms with E-state index in [1.54, 1.807) is 0 Å². The second-order valence-electron chi connectivity index (χ2n) is 7.06. The third kappa shape index (κ3) is 3.70. The topological polar surface area (TPSA) is 45.0 Å². The maximum absolute atomic E-state index is 9.54. The summed E-state index contributed by atoms with van der Waals surface area (Å²) in [6.45, 7) is 8.15. The summed E-state index contributed by atoms with van der Waals surface area (Å²) in [6.07, 6.45) is 7.46. The number of ether oxygens (including phenoxy) is 1. The van der Waals surface area contributed by atoms with E-state index in [0.717, 1.165) is 19.4 Å². The Balaban J connectivity index is 1.84. The first kappa shape index (κ1) is 14.8. The maximum atomic E-state index is 9.54. The highest BCUT2D eigenvalue weighted by atomic mass is 16.5. The Kier molecular flexibility index (Phi) is 4.53. The van der Waals surface area contributed by atoms with Gasteiger partial charge in [-0.15, -0.1) is 0 Å². The van der Waals surface area contributed by atoms with E-state index in [9.17, 15) is 5.26 Å².